The number of carbonyl (C=O) groups is 2. The van der Waals surface area contributed by atoms with E-state index in [0.29, 0.717) is 16.4 Å². The van der Waals surface area contributed by atoms with Crippen molar-refractivity contribution in [1.29, 1.82) is 0 Å². The number of aryl methyl sites for hydroxylation is 2. The maximum Gasteiger partial charge on any atom is 0.347 e. The zero-order valence-corrected chi connectivity index (χ0v) is 11.2. The Hall–Kier alpha value is -2.21. The van der Waals surface area contributed by atoms with Crippen LogP contribution in [-0.4, -0.2) is 22.0 Å². The number of benzene rings is 1. The fourth-order valence-electron chi connectivity index (χ4n) is 1.60. The Kier molecular flexibility index (Phi) is 3.62. The molecule has 0 unspecified atom stereocenters. The van der Waals surface area contributed by atoms with E-state index in [4.69, 9.17) is 5.11 Å². The highest BCUT2D eigenvalue weighted by Gasteiger charge is 2.16. The third-order valence-corrected chi connectivity index (χ3v) is 3.55. The molecule has 1 amide bonds. The van der Waals surface area contributed by atoms with Gasteiger partial charge < -0.3 is 5.11 Å². The molecule has 19 heavy (non-hydrogen) atoms. The molecule has 98 valence electrons. The van der Waals surface area contributed by atoms with Gasteiger partial charge in [-0.15, -0.1) is 0 Å². The second-order valence-electron chi connectivity index (χ2n) is 4.06. The highest BCUT2D eigenvalue weighted by molar-refractivity contribution is 7.17. The van der Waals surface area contributed by atoms with Crippen molar-refractivity contribution >= 4 is 28.3 Å². The van der Waals surface area contributed by atoms with Gasteiger partial charge in [-0.1, -0.05) is 29.0 Å². The molecular formula is C13H12N2O3S. The summed E-state index contributed by atoms with van der Waals surface area (Å²) >= 11 is 0.952. The summed E-state index contributed by atoms with van der Waals surface area (Å²) in [6.07, 6.45) is 0. The van der Waals surface area contributed by atoms with Gasteiger partial charge in [0.05, 0.1) is 5.69 Å². The molecule has 1 aromatic carbocycles. The van der Waals surface area contributed by atoms with Crippen LogP contribution in [0.25, 0.3) is 0 Å². The number of anilines is 1. The molecule has 6 heteroatoms. The van der Waals surface area contributed by atoms with Crippen molar-refractivity contribution in [2.24, 2.45) is 0 Å². The molecule has 0 atom stereocenters. The van der Waals surface area contributed by atoms with Gasteiger partial charge in [0.15, 0.2) is 5.13 Å². The number of aromatic nitrogens is 1. The normalized spacial score (nSPS) is 10.2. The molecule has 5 nitrogen and oxygen atoms in total. The van der Waals surface area contributed by atoms with Gasteiger partial charge in [-0.25, -0.2) is 9.78 Å². The lowest BCUT2D eigenvalue weighted by molar-refractivity contribution is 0.0701. The zero-order valence-electron chi connectivity index (χ0n) is 10.4. The van der Waals surface area contributed by atoms with Crippen molar-refractivity contribution in [3.05, 3.63) is 46.0 Å². The van der Waals surface area contributed by atoms with Crippen molar-refractivity contribution in [2.45, 2.75) is 13.8 Å². The number of rotatable bonds is 3. The van der Waals surface area contributed by atoms with Crippen molar-refractivity contribution < 1.29 is 14.7 Å². The van der Waals surface area contributed by atoms with E-state index >= 15 is 0 Å². The van der Waals surface area contributed by atoms with Crippen molar-refractivity contribution in [3.8, 4) is 0 Å². The number of carboxylic acid groups (broad SMARTS) is 1. The first-order valence-electron chi connectivity index (χ1n) is 5.56. The number of carbonyl (C=O) groups excluding carboxylic acids is 1. The van der Waals surface area contributed by atoms with Crippen LogP contribution >= 0.6 is 11.3 Å². The largest absolute Gasteiger partial charge is 0.477 e. The summed E-state index contributed by atoms with van der Waals surface area (Å²) < 4.78 is 0. The van der Waals surface area contributed by atoms with Crippen LogP contribution < -0.4 is 5.32 Å². The summed E-state index contributed by atoms with van der Waals surface area (Å²) in [7, 11) is 0. The molecule has 0 saturated carbocycles. The van der Waals surface area contributed by atoms with Gasteiger partial charge in [-0.2, -0.15) is 0 Å². The molecule has 0 saturated heterocycles. The number of thiazole rings is 1. The van der Waals surface area contributed by atoms with Gasteiger partial charge in [0.2, 0.25) is 0 Å². The summed E-state index contributed by atoms with van der Waals surface area (Å²) in [6, 6.07) is 7.14. The highest BCUT2D eigenvalue weighted by Crippen LogP contribution is 2.23. The Morgan fingerprint density at radius 3 is 2.63 bits per heavy atom. The summed E-state index contributed by atoms with van der Waals surface area (Å²) in [5.41, 5.74) is 1.90. The summed E-state index contributed by atoms with van der Waals surface area (Å²) in [6.45, 7) is 3.50. The van der Waals surface area contributed by atoms with Gasteiger partial charge in [0, 0.05) is 5.56 Å². The first-order valence-corrected chi connectivity index (χ1v) is 6.38. The van der Waals surface area contributed by atoms with Crippen LogP contribution in [0.5, 0.6) is 0 Å². The van der Waals surface area contributed by atoms with Crippen molar-refractivity contribution in [3.63, 3.8) is 0 Å². The van der Waals surface area contributed by atoms with E-state index in [0.717, 1.165) is 16.9 Å². The van der Waals surface area contributed by atoms with Crippen LogP contribution in [0.3, 0.4) is 0 Å². The number of nitrogens with one attached hydrogen (secondary N) is 1. The number of hydrogen-bond acceptors (Lipinski definition) is 4. The molecule has 1 heterocycles. The molecule has 0 bridgehead atoms. The molecule has 1 aromatic heterocycles. The third-order valence-electron chi connectivity index (χ3n) is 2.49. The molecule has 0 fully saturated rings. The maximum atomic E-state index is 12.0. The van der Waals surface area contributed by atoms with E-state index in [-0.39, 0.29) is 10.8 Å². The van der Waals surface area contributed by atoms with E-state index in [1.54, 1.807) is 25.1 Å². The molecule has 2 N–H and O–H groups in total. The van der Waals surface area contributed by atoms with Crippen LogP contribution in [0.2, 0.25) is 0 Å². The van der Waals surface area contributed by atoms with Crippen LogP contribution in [0.4, 0.5) is 5.13 Å². The molecular weight excluding hydrogens is 264 g/mol. The lowest BCUT2D eigenvalue weighted by Crippen LogP contribution is -2.11. The van der Waals surface area contributed by atoms with E-state index in [2.05, 4.69) is 10.3 Å². The molecule has 0 aliphatic rings. The van der Waals surface area contributed by atoms with Gasteiger partial charge in [0.1, 0.15) is 4.88 Å². The number of carboxylic acids is 1. The second kappa shape index (κ2) is 5.19. The predicted octanol–water partition coefficient (Wildman–Crippen LogP) is 2.71. The molecule has 0 aliphatic carbocycles. The molecule has 0 aliphatic heterocycles. The Morgan fingerprint density at radius 2 is 2.05 bits per heavy atom. The minimum absolute atomic E-state index is 0.138. The average Bonchev–Trinajstić information content (AvgIpc) is 2.70. The second-order valence-corrected chi connectivity index (χ2v) is 5.06. The van der Waals surface area contributed by atoms with Crippen LogP contribution in [0, 0.1) is 13.8 Å². The highest BCUT2D eigenvalue weighted by atomic mass is 32.1. The molecule has 2 rings (SSSR count). The fraction of sp³-hybridized carbons (Fsp3) is 0.154. The first kappa shape index (κ1) is 13.2. The van der Waals surface area contributed by atoms with Crippen LogP contribution in [0.15, 0.2) is 24.3 Å². The van der Waals surface area contributed by atoms with Gasteiger partial charge in [0.25, 0.3) is 5.91 Å². The van der Waals surface area contributed by atoms with Crippen LogP contribution in [0.1, 0.15) is 31.3 Å². The number of aromatic carboxylic acids is 1. The lowest BCUT2D eigenvalue weighted by atomic mass is 10.1. The van der Waals surface area contributed by atoms with E-state index in [1.165, 1.54) is 0 Å². The van der Waals surface area contributed by atoms with Crippen LogP contribution in [-0.2, 0) is 0 Å². The predicted molar refractivity (Wildman–Crippen MR) is 72.9 cm³/mol. The lowest BCUT2D eigenvalue weighted by Gasteiger charge is -2.02. The first-order chi connectivity index (χ1) is 8.97. The van der Waals surface area contributed by atoms with Gasteiger partial charge >= 0.3 is 5.97 Å². The summed E-state index contributed by atoms with van der Waals surface area (Å²) in [5, 5.41) is 11.8. The summed E-state index contributed by atoms with van der Waals surface area (Å²) in [4.78, 5) is 27.0. The summed E-state index contributed by atoms with van der Waals surface area (Å²) in [5.74, 6) is -1.33. The number of hydrogen-bond donors (Lipinski definition) is 2. The quantitative estimate of drug-likeness (QED) is 0.903. The van der Waals surface area contributed by atoms with Crippen molar-refractivity contribution in [2.75, 3.05) is 5.32 Å². The molecule has 2 aromatic rings. The molecule has 0 radical (unpaired) electrons. The minimum atomic E-state index is -1.04. The Morgan fingerprint density at radius 1 is 1.32 bits per heavy atom. The van der Waals surface area contributed by atoms with Gasteiger partial charge in [-0.05, 0) is 26.0 Å². The van der Waals surface area contributed by atoms with E-state index < -0.39 is 5.97 Å². The topological polar surface area (TPSA) is 79.3 Å². The number of amides is 1. The smallest absolute Gasteiger partial charge is 0.347 e. The molecule has 0 spiro atoms. The Bertz CT molecular complexity index is 649. The number of nitrogens with zero attached hydrogens (tertiary/aromatic N) is 1. The monoisotopic (exact) mass is 276 g/mol. The maximum absolute atomic E-state index is 12.0. The zero-order chi connectivity index (χ0) is 14.0. The average molecular weight is 276 g/mol. The minimum Gasteiger partial charge on any atom is -0.477 e. The third kappa shape index (κ3) is 2.97. The fourth-order valence-corrected chi connectivity index (χ4v) is 2.40. The Labute approximate surface area is 113 Å². The standard InChI is InChI=1S/C13H12N2O3S/c1-7-4-3-5-9(6-7)11(16)15-13-14-8(2)10(19-13)12(17)18/h3-6H,1-2H3,(H,17,18)(H,14,15,16). The SMILES string of the molecule is Cc1cccc(C(=O)Nc2nc(C)c(C(=O)O)s2)c1. The van der Waals surface area contributed by atoms with Gasteiger partial charge in [-0.3, -0.25) is 10.1 Å². The van der Waals surface area contributed by atoms with E-state index in [1.807, 2.05) is 13.0 Å². The Balaban J connectivity index is 2.20. The van der Waals surface area contributed by atoms with Crippen molar-refractivity contribution in [1.82, 2.24) is 4.98 Å². The van der Waals surface area contributed by atoms with E-state index in [9.17, 15) is 9.59 Å².